The number of ketones is 1. The number of rotatable bonds is 13. The summed E-state index contributed by atoms with van der Waals surface area (Å²) in [6, 6.07) is 23.6. The molecule has 43 heavy (non-hydrogen) atoms. The monoisotopic (exact) mass is 613 g/mol. The van der Waals surface area contributed by atoms with Crippen molar-refractivity contribution in [3.8, 4) is 11.5 Å². The molecule has 0 spiro atoms. The van der Waals surface area contributed by atoms with Gasteiger partial charge in [-0.1, -0.05) is 103 Å². The molecule has 0 saturated heterocycles. The molecule has 1 aliphatic heterocycles. The lowest BCUT2D eigenvalue weighted by Crippen LogP contribution is -2.31. The summed E-state index contributed by atoms with van der Waals surface area (Å²) >= 11 is 2.73. The Bertz CT molecular complexity index is 1640. The number of hydrogen-bond acceptors (Lipinski definition) is 9. The van der Waals surface area contributed by atoms with Gasteiger partial charge in [-0.15, -0.1) is 10.2 Å². The second-order valence-electron chi connectivity index (χ2n) is 9.56. The third-order valence-corrected chi connectivity index (χ3v) is 8.68. The zero-order valence-electron chi connectivity index (χ0n) is 23.8. The van der Waals surface area contributed by atoms with Crippen LogP contribution in [0, 0.1) is 0 Å². The van der Waals surface area contributed by atoms with Crippen LogP contribution in [0.5, 0.6) is 11.5 Å². The normalized spacial score (nSPS) is 15.0. The predicted molar refractivity (Wildman–Crippen MR) is 170 cm³/mol. The van der Waals surface area contributed by atoms with E-state index < -0.39 is 23.5 Å². The second kappa shape index (κ2) is 14.2. The van der Waals surface area contributed by atoms with E-state index in [1.165, 1.54) is 34.1 Å². The van der Waals surface area contributed by atoms with Crippen LogP contribution in [0.3, 0.4) is 0 Å². The van der Waals surface area contributed by atoms with Crippen LogP contribution in [-0.2, 0) is 15.3 Å². The lowest BCUT2D eigenvalue weighted by Gasteiger charge is -2.24. The summed E-state index contributed by atoms with van der Waals surface area (Å²) in [5.41, 5.74) is 2.46. The van der Waals surface area contributed by atoms with Crippen molar-refractivity contribution in [1.82, 2.24) is 10.2 Å². The molecule has 1 N–H and O–H groups in total. The van der Waals surface area contributed by atoms with E-state index in [-0.39, 0.29) is 10.7 Å². The molecule has 3 aromatic carbocycles. The molecule has 2 heterocycles. The highest BCUT2D eigenvalue weighted by Gasteiger charge is 2.45. The van der Waals surface area contributed by atoms with Crippen LogP contribution >= 0.6 is 23.1 Å². The first kappa shape index (κ1) is 30.1. The Balaban J connectivity index is 1.52. The number of thioether (sulfide) groups is 1. The van der Waals surface area contributed by atoms with Gasteiger partial charge in [-0.3, -0.25) is 14.5 Å². The van der Waals surface area contributed by atoms with Gasteiger partial charge in [0.25, 0.3) is 5.91 Å². The first-order valence-electron chi connectivity index (χ1n) is 13.9. The van der Waals surface area contributed by atoms with Crippen LogP contribution < -0.4 is 14.4 Å². The number of amides is 1. The third-order valence-electron chi connectivity index (χ3n) is 6.55. The van der Waals surface area contributed by atoms with E-state index in [2.05, 4.69) is 10.2 Å². The highest BCUT2D eigenvalue weighted by atomic mass is 32.2. The molecule has 1 unspecified atom stereocenters. The standard InChI is InChI=1S/C33H31N3O5S2/c1-3-19-41-26-18-16-24(20-27(26)40-4-2)29-28(25(37)17-15-22-11-7-5-8-12-22)30(38)31(39)36(29)32-34-35-33(43-32)42-21-23-13-9-6-10-14-23/h5-18,20,29,38H,3-4,19,21H2,1-2H3/b17-15+. The Morgan fingerprint density at radius 3 is 2.47 bits per heavy atom. The number of nitrogens with zero attached hydrogens (tertiary/aromatic N) is 3. The third kappa shape index (κ3) is 6.98. The van der Waals surface area contributed by atoms with Crippen LogP contribution in [0.1, 0.15) is 43.0 Å². The predicted octanol–water partition coefficient (Wildman–Crippen LogP) is 7.20. The minimum Gasteiger partial charge on any atom is -0.503 e. The van der Waals surface area contributed by atoms with Crippen LogP contribution in [0.25, 0.3) is 6.08 Å². The molecule has 0 fully saturated rings. The molecule has 0 aliphatic carbocycles. The highest BCUT2D eigenvalue weighted by Crippen LogP contribution is 2.45. The van der Waals surface area contributed by atoms with Gasteiger partial charge in [0.1, 0.15) is 0 Å². The molecule has 0 radical (unpaired) electrons. The van der Waals surface area contributed by atoms with Crippen LogP contribution in [0.15, 0.2) is 101 Å². The number of allylic oxidation sites excluding steroid dienone is 1. The number of carbonyl (C=O) groups excluding carboxylic acids is 2. The fourth-order valence-electron chi connectivity index (χ4n) is 4.57. The molecule has 10 heteroatoms. The average Bonchev–Trinajstić information content (AvgIpc) is 3.61. The Hall–Kier alpha value is -4.41. The lowest BCUT2D eigenvalue weighted by atomic mass is 9.95. The van der Waals surface area contributed by atoms with Crippen molar-refractivity contribution >= 4 is 46.0 Å². The van der Waals surface area contributed by atoms with Crippen molar-refractivity contribution in [1.29, 1.82) is 0 Å². The quantitative estimate of drug-likeness (QED) is 0.0960. The van der Waals surface area contributed by atoms with E-state index >= 15 is 0 Å². The van der Waals surface area contributed by atoms with Crippen molar-refractivity contribution < 1.29 is 24.2 Å². The molecule has 0 saturated carbocycles. The lowest BCUT2D eigenvalue weighted by molar-refractivity contribution is -0.117. The minimum atomic E-state index is -0.959. The first-order chi connectivity index (χ1) is 21.0. The maximum absolute atomic E-state index is 13.6. The number of hydrogen-bond donors (Lipinski definition) is 1. The van der Waals surface area contributed by atoms with Gasteiger partial charge in [0.15, 0.2) is 27.4 Å². The number of benzene rings is 3. The van der Waals surface area contributed by atoms with E-state index in [9.17, 15) is 14.7 Å². The van der Waals surface area contributed by atoms with Gasteiger partial charge in [-0.25, -0.2) is 0 Å². The summed E-state index contributed by atoms with van der Waals surface area (Å²) in [5.74, 6) is -0.109. The summed E-state index contributed by atoms with van der Waals surface area (Å²) in [6.07, 6.45) is 3.85. The molecule has 1 amide bonds. The number of aromatic nitrogens is 2. The second-order valence-corrected chi connectivity index (χ2v) is 11.7. The largest absolute Gasteiger partial charge is 0.503 e. The topological polar surface area (TPSA) is 102 Å². The summed E-state index contributed by atoms with van der Waals surface area (Å²) in [5, 5.41) is 20.0. The van der Waals surface area contributed by atoms with Crippen molar-refractivity contribution in [3.63, 3.8) is 0 Å². The van der Waals surface area contributed by atoms with Crippen LogP contribution in [0.2, 0.25) is 0 Å². The van der Waals surface area contributed by atoms with Crippen molar-refractivity contribution in [3.05, 3.63) is 113 Å². The summed E-state index contributed by atoms with van der Waals surface area (Å²) < 4.78 is 12.4. The van der Waals surface area contributed by atoms with Gasteiger partial charge in [-0.05, 0) is 48.2 Å². The van der Waals surface area contributed by atoms with Gasteiger partial charge in [0, 0.05) is 5.75 Å². The summed E-state index contributed by atoms with van der Waals surface area (Å²) in [6.45, 7) is 4.78. The van der Waals surface area contributed by atoms with Crippen molar-refractivity contribution in [2.24, 2.45) is 0 Å². The number of aliphatic hydroxyl groups is 1. The number of aliphatic hydroxyl groups excluding tert-OH is 1. The zero-order valence-corrected chi connectivity index (χ0v) is 25.4. The van der Waals surface area contributed by atoms with Gasteiger partial charge < -0.3 is 14.6 Å². The number of anilines is 1. The van der Waals surface area contributed by atoms with E-state index in [4.69, 9.17) is 9.47 Å². The Labute approximate surface area is 258 Å². The molecule has 0 bridgehead atoms. The Morgan fingerprint density at radius 1 is 1.00 bits per heavy atom. The van der Waals surface area contributed by atoms with Crippen molar-refractivity contribution in [2.45, 2.75) is 36.4 Å². The van der Waals surface area contributed by atoms with Gasteiger partial charge in [-0.2, -0.15) is 0 Å². The SMILES string of the molecule is CCCOc1ccc(C2C(C(=O)/C=C/c3ccccc3)=C(O)C(=O)N2c2nnc(SCc3ccccc3)s2)cc1OCC. The molecule has 4 aromatic rings. The van der Waals surface area contributed by atoms with E-state index in [1.54, 1.807) is 24.3 Å². The summed E-state index contributed by atoms with van der Waals surface area (Å²) in [4.78, 5) is 28.6. The van der Waals surface area contributed by atoms with E-state index in [1.807, 2.05) is 74.5 Å². The molecule has 8 nitrogen and oxygen atoms in total. The van der Waals surface area contributed by atoms with Crippen LogP contribution in [0.4, 0.5) is 5.13 Å². The maximum Gasteiger partial charge on any atom is 0.296 e. The molecular weight excluding hydrogens is 583 g/mol. The number of carbonyl (C=O) groups is 2. The van der Waals surface area contributed by atoms with E-state index in [0.29, 0.717) is 40.4 Å². The van der Waals surface area contributed by atoms with Crippen LogP contribution in [-0.4, -0.2) is 40.2 Å². The zero-order chi connectivity index (χ0) is 30.2. The first-order valence-corrected chi connectivity index (χ1v) is 15.7. The maximum atomic E-state index is 13.6. The van der Waals surface area contributed by atoms with E-state index in [0.717, 1.165) is 17.5 Å². The highest BCUT2D eigenvalue weighted by molar-refractivity contribution is 8.00. The van der Waals surface area contributed by atoms with Crippen molar-refractivity contribution in [2.75, 3.05) is 18.1 Å². The molecule has 1 atom stereocenters. The van der Waals surface area contributed by atoms with Gasteiger partial charge >= 0.3 is 0 Å². The molecule has 220 valence electrons. The smallest absolute Gasteiger partial charge is 0.296 e. The fourth-order valence-corrected chi connectivity index (χ4v) is 6.39. The molecule has 1 aromatic heterocycles. The molecule has 5 rings (SSSR count). The number of ether oxygens (including phenoxy) is 2. The van der Waals surface area contributed by atoms with Gasteiger partial charge in [0.2, 0.25) is 5.13 Å². The summed E-state index contributed by atoms with van der Waals surface area (Å²) in [7, 11) is 0. The average molecular weight is 614 g/mol. The Kier molecular flexibility index (Phi) is 9.91. The van der Waals surface area contributed by atoms with Gasteiger partial charge in [0.05, 0.1) is 24.8 Å². The molecular formula is C33H31N3O5S2. The fraction of sp³-hybridized carbons (Fsp3) is 0.212. The Morgan fingerprint density at radius 2 is 1.74 bits per heavy atom. The minimum absolute atomic E-state index is 0.0458. The molecule has 1 aliphatic rings.